The minimum Gasteiger partial charge on any atom is -0.444 e. The van der Waals surface area contributed by atoms with Crippen molar-refractivity contribution in [1.29, 1.82) is 0 Å². The molecule has 0 bridgehead atoms. The van der Waals surface area contributed by atoms with Crippen molar-refractivity contribution in [2.24, 2.45) is 5.92 Å². The number of nitrogens with zero attached hydrogens (tertiary/aromatic N) is 2. The maximum atomic E-state index is 11.8. The molecule has 1 amide bonds. The molecule has 2 rings (SSSR count). The lowest BCUT2D eigenvalue weighted by molar-refractivity contribution is 0.0503. The summed E-state index contributed by atoms with van der Waals surface area (Å²) >= 11 is 0. The van der Waals surface area contributed by atoms with Gasteiger partial charge in [-0.25, -0.2) is 4.79 Å². The van der Waals surface area contributed by atoms with Crippen LogP contribution >= 0.6 is 0 Å². The minimum atomic E-state index is -0.416. The molecular weight excluding hydrogens is 278 g/mol. The lowest BCUT2D eigenvalue weighted by Gasteiger charge is -2.35. The molecule has 5 heteroatoms. The molecule has 22 heavy (non-hydrogen) atoms. The summed E-state index contributed by atoms with van der Waals surface area (Å²) in [5.74, 6) is 0.716. The van der Waals surface area contributed by atoms with Crippen LogP contribution in [0.5, 0.6) is 0 Å². The normalized spacial score (nSPS) is 27.8. The SMILES string of the molecule is CCN1CCN(C[C@H]2CC[C@@H](NC(=O)OC(C)(C)C)C2)CC1. The quantitative estimate of drug-likeness (QED) is 0.865. The van der Waals surface area contributed by atoms with Gasteiger partial charge in [0.2, 0.25) is 0 Å². The standard InChI is InChI=1S/C17H33N3O2/c1-5-19-8-10-20(11-9-19)13-14-6-7-15(12-14)18-16(21)22-17(2,3)4/h14-15H,5-13H2,1-4H3,(H,18,21)/t14-,15+/m0/s1. The Balaban J connectivity index is 1.66. The summed E-state index contributed by atoms with van der Waals surface area (Å²) in [5.41, 5.74) is -0.416. The van der Waals surface area contributed by atoms with Gasteiger partial charge in [0.1, 0.15) is 5.60 Å². The van der Waals surface area contributed by atoms with Crippen LogP contribution in [0.4, 0.5) is 4.79 Å². The van der Waals surface area contributed by atoms with E-state index in [9.17, 15) is 4.79 Å². The topological polar surface area (TPSA) is 44.8 Å². The molecule has 2 aliphatic rings. The van der Waals surface area contributed by atoms with E-state index in [0.717, 1.165) is 12.8 Å². The van der Waals surface area contributed by atoms with E-state index in [4.69, 9.17) is 4.74 Å². The number of carbonyl (C=O) groups is 1. The van der Waals surface area contributed by atoms with Crippen LogP contribution in [-0.2, 0) is 4.74 Å². The maximum Gasteiger partial charge on any atom is 0.407 e. The van der Waals surface area contributed by atoms with Crippen molar-refractivity contribution < 1.29 is 9.53 Å². The van der Waals surface area contributed by atoms with E-state index in [1.165, 1.54) is 45.7 Å². The highest BCUT2D eigenvalue weighted by molar-refractivity contribution is 5.68. The van der Waals surface area contributed by atoms with Crippen molar-refractivity contribution in [2.75, 3.05) is 39.3 Å². The van der Waals surface area contributed by atoms with Gasteiger partial charge in [-0.15, -0.1) is 0 Å². The second kappa shape index (κ2) is 7.64. The third-order valence-electron chi connectivity index (χ3n) is 4.69. The van der Waals surface area contributed by atoms with Gasteiger partial charge in [-0.05, 0) is 52.5 Å². The van der Waals surface area contributed by atoms with E-state index in [0.29, 0.717) is 5.92 Å². The van der Waals surface area contributed by atoms with E-state index < -0.39 is 5.60 Å². The summed E-state index contributed by atoms with van der Waals surface area (Å²) in [6.45, 7) is 15.1. The average molecular weight is 311 g/mol. The summed E-state index contributed by atoms with van der Waals surface area (Å²) in [5, 5.41) is 3.03. The van der Waals surface area contributed by atoms with E-state index in [1.54, 1.807) is 0 Å². The maximum absolute atomic E-state index is 11.8. The molecule has 0 radical (unpaired) electrons. The highest BCUT2D eigenvalue weighted by atomic mass is 16.6. The van der Waals surface area contributed by atoms with Gasteiger partial charge in [0, 0.05) is 38.8 Å². The Morgan fingerprint density at radius 3 is 2.36 bits per heavy atom. The highest BCUT2D eigenvalue weighted by Crippen LogP contribution is 2.27. The molecule has 0 aromatic rings. The molecule has 1 heterocycles. The largest absolute Gasteiger partial charge is 0.444 e. The first-order chi connectivity index (χ1) is 10.4. The van der Waals surface area contributed by atoms with Crippen LogP contribution in [0.3, 0.4) is 0 Å². The molecule has 5 nitrogen and oxygen atoms in total. The van der Waals surface area contributed by atoms with Crippen LogP contribution in [0.1, 0.15) is 47.0 Å². The number of hydrogen-bond acceptors (Lipinski definition) is 4. The van der Waals surface area contributed by atoms with Gasteiger partial charge in [-0.1, -0.05) is 6.92 Å². The second-order valence-corrected chi connectivity index (χ2v) is 7.76. The number of nitrogens with one attached hydrogen (secondary N) is 1. The third kappa shape index (κ3) is 5.76. The Kier molecular flexibility index (Phi) is 6.09. The number of rotatable bonds is 4. The van der Waals surface area contributed by atoms with Gasteiger partial charge in [0.25, 0.3) is 0 Å². The zero-order valence-electron chi connectivity index (χ0n) is 14.7. The Morgan fingerprint density at radius 2 is 1.77 bits per heavy atom. The van der Waals surface area contributed by atoms with Crippen LogP contribution < -0.4 is 5.32 Å². The number of carbonyl (C=O) groups excluding carboxylic acids is 1. The summed E-state index contributed by atoms with van der Waals surface area (Å²) < 4.78 is 5.34. The molecule has 2 fully saturated rings. The molecule has 0 spiro atoms. The summed E-state index contributed by atoms with van der Waals surface area (Å²) in [7, 11) is 0. The van der Waals surface area contributed by atoms with Crippen LogP contribution in [0.2, 0.25) is 0 Å². The zero-order chi connectivity index (χ0) is 16.2. The summed E-state index contributed by atoms with van der Waals surface area (Å²) in [6.07, 6.45) is 3.12. The summed E-state index contributed by atoms with van der Waals surface area (Å²) in [6, 6.07) is 0.289. The minimum absolute atomic E-state index is 0.269. The van der Waals surface area contributed by atoms with E-state index in [-0.39, 0.29) is 12.1 Å². The number of alkyl carbamates (subject to hydrolysis) is 1. The van der Waals surface area contributed by atoms with Gasteiger partial charge in [-0.2, -0.15) is 0 Å². The first-order valence-electron chi connectivity index (χ1n) is 8.80. The Hall–Kier alpha value is -0.810. The monoisotopic (exact) mass is 311 g/mol. The molecule has 0 aromatic heterocycles. The molecule has 1 saturated carbocycles. The highest BCUT2D eigenvalue weighted by Gasteiger charge is 2.29. The number of ether oxygens (including phenoxy) is 1. The van der Waals surface area contributed by atoms with Crippen LogP contribution in [0.25, 0.3) is 0 Å². The first-order valence-corrected chi connectivity index (χ1v) is 8.80. The predicted octanol–water partition coefficient (Wildman–Crippen LogP) is 2.32. The van der Waals surface area contributed by atoms with Gasteiger partial charge < -0.3 is 19.9 Å². The van der Waals surface area contributed by atoms with Crippen molar-refractivity contribution in [3.05, 3.63) is 0 Å². The van der Waals surface area contributed by atoms with Gasteiger partial charge in [0.05, 0.1) is 0 Å². The molecule has 2 atom stereocenters. The fourth-order valence-electron chi connectivity index (χ4n) is 3.50. The number of amides is 1. The van der Waals surface area contributed by atoms with Gasteiger partial charge in [0.15, 0.2) is 0 Å². The first kappa shape index (κ1) is 17.5. The van der Waals surface area contributed by atoms with Crippen molar-refractivity contribution in [3.8, 4) is 0 Å². The zero-order valence-corrected chi connectivity index (χ0v) is 14.7. The molecule has 0 aromatic carbocycles. The van der Waals surface area contributed by atoms with Crippen molar-refractivity contribution in [3.63, 3.8) is 0 Å². The van der Waals surface area contributed by atoms with Crippen LogP contribution in [0, 0.1) is 5.92 Å². The molecular formula is C17H33N3O2. The second-order valence-electron chi connectivity index (χ2n) is 7.76. The lowest BCUT2D eigenvalue weighted by atomic mass is 10.1. The van der Waals surface area contributed by atoms with Gasteiger partial charge in [-0.3, -0.25) is 0 Å². The van der Waals surface area contributed by atoms with E-state index in [2.05, 4.69) is 22.0 Å². The van der Waals surface area contributed by atoms with E-state index in [1.807, 2.05) is 20.8 Å². The van der Waals surface area contributed by atoms with Crippen molar-refractivity contribution in [2.45, 2.75) is 58.6 Å². The molecule has 1 saturated heterocycles. The number of piperazine rings is 1. The van der Waals surface area contributed by atoms with Crippen LogP contribution in [0.15, 0.2) is 0 Å². The molecule has 1 aliphatic heterocycles. The molecule has 1 aliphatic carbocycles. The van der Waals surface area contributed by atoms with Gasteiger partial charge >= 0.3 is 6.09 Å². The number of likely N-dealkylation sites (N-methyl/N-ethyl adjacent to an activating group) is 1. The Labute approximate surface area is 135 Å². The fraction of sp³-hybridized carbons (Fsp3) is 0.941. The molecule has 128 valence electrons. The average Bonchev–Trinajstić information content (AvgIpc) is 2.84. The third-order valence-corrected chi connectivity index (χ3v) is 4.69. The van der Waals surface area contributed by atoms with E-state index >= 15 is 0 Å². The summed E-state index contributed by atoms with van der Waals surface area (Å²) in [4.78, 5) is 16.9. The number of hydrogen-bond donors (Lipinski definition) is 1. The Morgan fingerprint density at radius 1 is 1.14 bits per heavy atom. The van der Waals surface area contributed by atoms with Crippen LogP contribution in [-0.4, -0.2) is 66.8 Å². The van der Waals surface area contributed by atoms with Crippen molar-refractivity contribution >= 4 is 6.09 Å². The smallest absolute Gasteiger partial charge is 0.407 e. The Bertz CT molecular complexity index is 359. The van der Waals surface area contributed by atoms with Crippen molar-refractivity contribution in [1.82, 2.24) is 15.1 Å². The molecule has 0 unspecified atom stereocenters. The fourth-order valence-corrected chi connectivity index (χ4v) is 3.50. The predicted molar refractivity (Wildman–Crippen MR) is 89.1 cm³/mol. The lowest BCUT2D eigenvalue weighted by Crippen LogP contribution is -2.47. The molecule has 1 N–H and O–H groups in total.